The molecule has 0 aromatic heterocycles. The van der Waals surface area contributed by atoms with Crippen LogP contribution in [0.5, 0.6) is 11.5 Å². The molecule has 0 amide bonds. The molecule has 0 aliphatic rings. The first-order valence-corrected chi connectivity index (χ1v) is 9.54. The quantitative estimate of drug-likeness (QED) is 0.392. The lowest BCUT2D eigenvalue weighted by molar-refractivity contribution is -0.384. The Morgan fingerprint density at radius 3 is 2.28 bits per heavy atom. The number of nitro groups is 1. The average Bonchev–Trinajstić information content (AvgIpc) is 2.55. The van der Waals surface area contributed by atoms with Crippen LogP contribution in [0.4, 0.5) is 5.69 Å². The second-order valence-corrected chi connectivity index (χ2v) is 7.59. The highest BCUT2D eigenvalue weighted by Gasteiger charge is 2.10. The van der Waals surface area contributed by atoms with E-state index in [0.717, 1.165) is 6.26 Å². The number of ether oxygens (including phenoxy) is 2. The summed E-state index contributed by atoms with van der Waals surface area (Å²) in [5.41, 5.74) is -0.0989. The normalized spacial score (nSPS) is 11.1. The molecule has 0 bridgehead atoms. The van der Waals surface area contributed by atoms with Gasteiger partial charge in [0.1, 0.15) is 11.5 Å². The van der Waals surface area contributed by atoms with Crippen molar-refractivity contribution in [3.63, 3.8) is 0 Å². The van der Waals surface area contributed by atoms with Crippen LogP contribution in [-0.4, -0.2) is 32.8 Å². The van der Waals surface area contributed by atoms with Crippen LogP contribution in [-0.2, 0) is 9.84 Å². The summed E-state index contributed by atoms with van der Waals surface area (Å²) in [6, 6.07) is 10.1. The van der Waals surface area contributed by atoms with Crippen LogP contribution in [0.2, 0.25) is 5.02 Å². The molecule has 0 radical (unpaired) electrons. The highest BCUT2D eigenvalue weighted by Crippen LogP contribution is 2.28. The fourth-order valence-corrected chi connectivity index (χ4v) is 2.79. The van der Waals surface area contributed by atoms with E-state index in [1.54, 1.807) is 12.1 Å². The van der Waals surface area contributed by atoms with E-state index in [-0.39, 0.29) is 15.6 Å². The lowest BCUT2D eigenvalue weighted by atomic mass is 10.3. The monoisotopic (exact) mass is 385 g/mol. The largest absolute Gasteiger partial charge is 0.493 e. The molecule has 0 saturated heterocycles. The summed E-state index contributed by atoms with van der Waals surface area (Å²) in [5.74, 6) is 0.922. The number of non-ortho nitro benzene ring substituents is 1. The number of rotatable bonds is 8. The van der Waals surface area contributed by atoms with Gasteiger partial charge in [-0.2, -0.15) is 0 Å². The molecule has 2 aromatic rings. The van der Waals surface area contributed by atoms with Gasteiger partial charge in [-0.15, -0.1) is 0 Å². The van der Waals surface area contributed by atoms with Crippen LogP contribution >= 0.6 is 11.6 Å². The third-order valence-electron chi connectivity index (χ3n) is 3.19. The minimum Gasteiger partial charge on any atom is -0.493 e. The lowest BCUT2D eigenvalue weighted by Crippen LogP contribution is -2.05. The van der Waals surface area contributed by atoms with E-state index in [2.05, 4.69) is 0 Å². The fourth-order valence-electron chi connectivity index (χ4n) is 1.93. The van der Waals surface area contributed by atoms with Crippen LogP contribution in [0.3, 0.4) is 0 Å². The van der Waals surface area contributed by atoms with E-state index in [1.807, 2.05) is 0 Å². The summed E-state index contributed by atoms with van der Waals surface area (Å²) >= 11 is 5.92. The maximum Gasteiger partial charge on any atom is 0.271 e. The third-order valence-corrected chi connectivity index (χ3v) is 4.62. The van der Waals surface area contributed by atoms with Crippen molar-refractivity contribution >= 4 is 27.1 Å². The van der Waals surface area contributed by atoms with Gasteiger partial charge in [0.05, 0.1) is 28.1 Å². The molecule has 0 spiro atoms. The first kappa shape index (κ1) is 19.0. The predicted molar refractivity (Wildman–Crippen MR) is 93.3 cm³/mol. The summed E-state index contributed by atoms with van der Waals surface area (Å²) in [6.45, 7) is 0.682. The summed E-state index contributed by atoms with van der Waals surface area (Å²) in [7, 11) is -3.22. The molecular weight excluding hydrogens is 370 g/mol. The van der Waals surface area contributed by atoms with Crippen molar-refractivity contribution < 1.29 is 22.8 Å². The first-order valence-electron chi connectivity index (χ1n) is 7.27. The van der Waals surface area contributed by atoms with E-state index in [4.69, 9.17) is 21.1 Å². The Balaban J connectivity index is 1.77. The fraction of sp³-hybridized carbons (Fsp3) is 0.250. The molecule has 0 unspecified atom stereocenters. The van der Waals surface area contributed by atoms with E-state index < -0.39 is 14.8 Å². The molecule has 7 nitrogen and oxygen atoms in total. The molecule has 2 aromatic carbocycles. The number of hydrogen-bond acceptors (Lipinski definition) is 6. The van der Waals surface area contributed by atoms with E-state index in [1.165, 1.54) is 30.3 Å². The Hall–Kier alpha value is -2.32. The van der Waals surface area contributed by atoms with Crippen molar-refractivity contribution in [2.45, 2.75) is 11.3 Å². The summed E-state index contributed by atoms with van der Waals surface area (Å²) < 4.78 is 33.7. The third kappa shape index (κ3) is 5.61. The first-order chi connectivity index (χ1) is 11.8. The zero-order valence-electron chi connectivity index (χ0n) is 13.3. The van der Waals surface area contributed by atoms with Crippen LogP contribution in [0, 0.1) is 10.1 Å². The van der Waals surface area contributed by atoms with Gasteiger partial charge in [-0.3, -0.25) is 10.1 Å². The van der Waals surface area contributed by atoms with Gasteiger partial charge in [0.15, 0.2) is 9.84 Å². The van der Waals surface area contributed by atoms with Gasteiger partial charge >= 0.3 is 0 Å². The van der Waals surface area contributed by atoms with E-state index in [0.29, 0.717) is 31.1 Å². The molecule has 0 heterocycles. The predicted octanol–water partition coefficient (Wildman–Crippen LogP) is 3.50. The highest BCUT2D eigenvalue weighted by atomic mass is 35.5. The number of halogens is 1. The molecule has 0 atom stereocenters. The summed E-state index contributed by atoms with van der Waals surface area (Å²) in [5, 5.41) is 10.8. The van der Waals surface area contributed by atoms with Gasteiger partial charge in [-0.1, -0.05) is 11.6 Å². The molecule has 0 fully saturated rings. The van der Waals surface area contributed by atoms with Crippen molar-refractivity contribution in [3.8, 4) is 11.5 Å². The maximum absolute atomic E-state index is 11.4. The maximum atomic E-state index is 11.4. The number of benzene rings is 2. The molecule has 134 valence electrons. The van der Waals surface area contributed by atoms with Crippen LogP contribution < -0.4 is 9.47 Å². The SMILES string of the molecule is CS(=O)(=O)c1ccc(OCCCOc2ccc([N+](=O)[O-])cc2Cl)cc1. The summed E-state index contributed by atoms with van der Waals surface area (Å²) in [6.07, 6.45) is 1.70. The second kappa shape index (κ2) is 8.17. The van der Waals surface area contributed by atoms with Crippen molar-refractivity contribution in [2.75, 3.05) is 19.5 Å². The Morgan fingerprint density at radius 1 is 1.08 bits per heavy atom. The van der Waals surface area contributed by atoms with Gasteiger partial charge in [0.25, 0.3) is 5.69 Å². The molecule has 0 aliphatic carbocycles. The minimum absolute atomic E-state index is 0.0989. The van der Waals surface area contributed by atoms with Gasteiger partial charge in [-0.25, -0.2) is 8.42 Å². The molecule has 25 heavy (non-hydrogen) atoms. The molecule has 0 N–H and O–H groups in total. The molecule has 0 aliphatic heterocycles. The Kier molecular flexibility index (Phi) is 6.22. The topological polar surface area (TPSA) is 95.7 Å². The van der Waals surface area contributed by atoms with Crippen molar-refractivity contribution in [2.24, 2.45) is 0 Å². The number of nitro benzene ring substituents is 1. The van der Waals surface area contributed by atoms with Gasteiger partial charge in [0.2, 0.25) is 0 Å². The van der Waals surface area contributed by atoms with E-state index >= 15 is 0 Å². The minimum atomic E-state index is -3.22. The Labute approximate surface area is 150 Å². The molecular formula is C16H16ClNO6S. The molecule has 0 saturated carbocycles. The standard InChI is InChI=1S/C16H16ClNO6S/c1-25(21,22)14-6-4-13(5-7-14)23-9-2-10-24-16-8-3-12(18(19)20)11-15(16)17/h3-8,11H,2,9-10H2,1H3. The molecule has 2 rings (SSSR count). The van der Waals surface area contributed by atoms with Crippen molar-refractivity contribution in [3.05, 3.63) is 57.6 Å². The van der Waals surface area contributed by atoms with Gasteiger partial charge < -0.3 is 9.47 Å². The Bertz CT molecular complexity index is 851. The zero-order chi connectivity index (χ0) is 18.4. The van der Waals surface area contributed by atoms with Gasteiger partial charge in [-0.05, 0) is 30.3 Å². The van der Waals surface area contributed by atoms with Crippen molar-refractivity contribution in [1.29, 1.82) is 0 Å². The Morgan fingerprint density at radius 2 is 1.72 bits per heavy atom. The van der Waals surface area contributed by atoms with Crippen molar-refractivity contribution in [1.82, 2.24) is 0 Å². The number of hydrogen-bond donors (Lipinski definition) is 0. The highest BCUT2D eigenvalue weighted by molar-refractivity contribution is 7.90. The van der Waals surface area contributed by atoms with Crippen LogP contribution in [0.1, 0.15) is 6.42 Å². The van der Waals surface area contributed by atoms with E-state index in [9.17, 15) is 18.5 Å². The number of nitrogens with zero attached hydrogens (tertiary/aromatic N) is 1. The van der Waals surface area contributed by atoms with Crippen LogP contribution in [0.15, 0.2) is 47.4 Å². The smallest absolute Gasteiger partial charge is 0.271 e. The van der Waals surface area contributed by atoms with Gasteiger partial charge in [0, 0.05) is 24.8 Å². The summed E-state index contributed by atoms with van der Waals surface area (Å²) in [4.78, 5) is 10.3. The molecule has 9 heteroatoms. The zero-order valence-corrected chi connectivity index (χ0v) is 14.9. The second-order valence-electron chi connectivity index (χ2n) is 5.17. The number of sulfone groups is 1. The average molecular weight is 386 g/mol. The lowest BCUT2D eigenvalue weighted by Gasteiger charge is -2.09. The van der Waals surface area contributed by atoms with Crippen LogP contribution in [0.25, 0.3) is 0 Å².